The van der Waals surface area contributed by atoms with Gasteiger partial charge in [0.2, 0.25) is 0 Å². The molecule has 4 nitrogen and oxygen atoms in total. The molecule has 0 unspecified atom stereocenters. The second kappa shape index (κ2) is 5.19. The highest BCUT2D eigenvalue weighted by Gasteiger charge is 2.23. The summed E-state index contributed by atoms with van der Waals surface area (Å²) in [4.78, 5) is 10.8. The van der Waals surface area contributed by atoms with E-state index in [-0.39, 0.29) is 6.42 Å². The molecule has 0 aliphatic heterocycles. The maximum Gasteiger partial charge on any atom is 0.308 e. The average Bonchev–Trinajstić information content (AvgIpc) is 2.03. The number of carbonyl (C=O) groups excluding carboxylic acids is 1. The zero-order valence-corrected chi connectivity index (χ0v) is 8.66. The Bertz CT molecular complexity index is 165. The SMILES string of the molecule is COC(=O)C[C@@H](O)CC(C)(C)OC. The highest BCUT2D eigenvalue weighted by molar-refractivity contribution is 5.69. The molecule has 1 N–H and O–H groups in total. The molecule has 0 fully saturated rings. The maximum absolute atomic E-state index is 10.8. The van der Waals surface area contributed by atoms with Crippen LogP contribution >= 0.6 is 0 Å². The molecule has 1 atom stereocenters. The summed E-state index contributed by atoms with van der Waals surface area (Å²) in [5.41, 5.74) is -0.409. The van der Waals surface area contributed by atoms with Gasteiger partial charge in [0.1, 0.15) is 0 Å². The van der Waals surface area contributed by atoms with Crippen LogP contribution in [0.4, 0.5) is 0 Å². The van der Waals surface area contributed by atoms with E-state index in [0.717, 1.165) is 0 Å². The summed E-state index contributed by atoms with van der Waals surface area (Å²) in [7, 11) is 2.88. The van der Waals surface area contributed by atoms with Gasteiger partial charge < -0.3 is 14.6 Å². The van der Waals surface area contributed by atoms with E-state index < -0.39 is 17.7 Å². The lowest BCUT2D eigenvalue weighted by Gasteiger charge is -2.25. The van der Waals surface area contributed by atoms with E-state index in [4.69, 9.17) is 4.74 Å². The van der Waals surface area contributed by atoms with Crippen molar-refractivity contribution < 1.29 is 19.4 Å². The Labute approximate surface area is 78.8 Å². The van der Waals surface area contributed by atoms with E-state index >= 15 is 0 Å². The Kier molecular flexibility index (Phi) is 4.95. The fourth-order valence-corrected chi connectivity index (χ4v) is 0.999. The van der Waals surface area contributed by atoms with Crippen LogP contribution in [0.15, 0.2) is 0 Å². The van der Waals surface area contributed by atoms with Crippen molar-refractivity contribution in [3.8, 4) is 0 Å². The Morgan fingerprint density at radius 3 is 2.38 bits per heavy atom. The molecule has 78 valence electrons. The smallest absolute Gasteiger partial charge is 0.308 e. The van der Waals surface area contributed by atoms with Crippen molar-refractivity contribution in [3.05, 3.63) is 0 Å². The summed E-state index contributed by atoms with van der Waals surface area (Å²) in [6, 6.07) is 0. The molecule has 0 aromatic carbocycles. The van der Waals surface area contributed by atoms with Crippen molar-refractivity contribution >= 4 is 5.97 Å². The molecule has 0 heterocycles. The van der Waals surface area contributed by atoms with E-state index in [1.807, 2.05) is 13.8 Å². The van der Waals surface area contributed by atoms with Gasteiger partial charge in [-0.1, -0.05) is 0 Å². The van der Waals surface area contributed by atoms with Gasteiger partial charge in [0.25, 0.3) is 0 Å². The largest absolute Gasteiger partial charge is 0.469 e. The van der Waals surface area contributed by atoms with Crippen molar-refractivity contribution in [1.29, 1.82) is 0 Å². The molecule has 0 aliphatic carbocycles. The monoisotopic (exact) mass is 190 g/mol. The van der Waals surface area contributed by atoms with E-state index in [1.165, 1.54) is 7.11 Å². The van der Waals surface area contributed by atoms with Crippen LogP contribution in [0.2, 0.25) is 0 Å². The summed E-state index contributed by atoms with van der Waals surface area (Å²) in [6.45, 7) is 3.71. The fraction of sp³-hybridized carbons (Fsp3) is 0.889. The van der Waals surface area contributed by atoms with Crippen LogP contribution in [-0.4, -0.2) is 37.0 Å². The molecular formula is C9H18O4. The average molecular weight is 190 g/mol. The van der Waals surface area contributed by atoms with Crippen LogP contribution in [0.25, 0.3) is 0 Å². The first-order valence-corrected chi connectivity index (χ1v) is 4.21. The minimum Gasteiger partial charge on any atom is -0.469 e. The zero-order chi connectivity index (χ0) is 10.5. The molecule has 0 saturated heterocycles. The first kappa shape index (κ1) is 12.4. The molecule has 0 amide bonds. The Hall–Kier alpha value is -0.610. The van der Waals surface area contributed by atoms with Gasteiger partial charge in [0.15, 0.2) is 0 Å². The summed E-state index contributed by atoms with van der Waals surface area (Å²) in [5, 5.41) is 9.44. The lowest BCUT2D eigenvalue weighted by Crippen LogP contribution is -2.30. The third-order valence-corrected chi connectivity index (χ3v) is 1.91. The molecule has 0 radical (unpaired) electrons. The number of rotatable bonds is 5. The summed E-state index contributed by atoms with van der Waals surface area (Å²) >= 11 is 0. The van der Waals surface area contributed by atoms with Gasteiger partial charge >= 0.3 is 5.97 Å². The van der Waals surface area contributed by atoms with Crippen molar-refractivity contribution in [1.82, 2.24) is 0 Å². The molecule has 13 heavy (non-hydrogen) atoms. The number of carbonyl (C=O) groups is 1. The molecule has 0 saturated carbocycles. The quantitative estimate of drug-likeness (QED) is 0.649. The molecule has 0 spiro atoms. The van der Waals surface area contributed by atoms with Crippen molar-refractivity contribution in [3.63, 3.8) is 0 Å². The van der Waals surface area contributed by atoms with Crippen LogP contribution in [0.5, 0.6) is 0 Å². The summed E-state index contributed by atoms with van der Waals surface area (Å²) in [6.07, 6.45) is -0.274. The van der Waals surface area contributed by atoms with Crippen molar-refractivity contribution in [2.24, 2.45) is 0 Å². The normalized spacial score (nSPS) is 13.9. The van der Waals surface area contributed by atoms with Gasteiger partial charge in [0, 0.05) is 13.5 Å². The predicted molar refractivity (Wildman–Crippen MR) is 48.3 cm³/mol. The second-order valence-corrected chi connectivity index (χ2v) is 3.60. The van der Waals surface area contributed by atoms with Crippen LogP contribution in [0, 0.1) is 0 Å². The molecule has 4 heteroatoms. The topological polar surface area (TPSA) is 55.8 Å². The maximum atomic E-state index is 10.8. The van der Waals surface area contributed by atoms with Gasteiger partial charge in [0.05, 0.1) is 25.2 Å². The molecule has 0 aromatic rings. The van der Waals surface area contributed by atoms with Crippen LogP contribution in [-0.2, 0) is 14.3 Å². The van der Waals surface area contributed by atoms with Gasteiger partial charge in [-0.15, -0.1) is 0 Å². The minimum atomic E-state index is -0.706. The zero-order valence-electron chi connectivity index (χ0n) is 8.66. The van der Waals surface area contributed by atoms with E-state index in [9.17, 15) is 9.90 Å². The van der Waals surface area contributed by atoms with Crippen molar-refractivity contribution in [2.75, 3.05) is 14.2 Å². The number of hydrogen-bond acceptors (Lipinski definition) is 4. The van der Waals surface area contributed by atoms with E-state index in [0.29, 0.717) is 6.42 Å². The van der Waals surface area contributed by atoms with Crippen LogP contribution in [0.1, 0.15) is 26.7 Å². The number of hydrogen-bond donors (Lipinski definition) is 1. The second-order valence-electron chi connectivity index (χ2n) is 3.60. The molecular weight excluding hydrogens is 172 g/mol. The molecule has 0 aliphatic rings. The van der Waals surface area contributed by atoms with Crippen LogP contribution in [0.3, 0.4) is 0 Å². The molecule has 0 rings (SSSR count). The fourth-order valence-electron chi connectivity index (χ4n) is 0.999. The Morgan fingerprint density at radius 2 is 2.00 bits per heavy atom. The highest BCUT2D eigenvalue weighted by atomic mass is 16.5. The van der Waals surface area contributed by atoms with Gasteiger partial charge in [-0.05, 0) is 13.8 Å². The van der Waals surface area contributed by atoms with E-state index in [1.54, 1.807) is 7.11 Å². The van der Waals surface area contributed by atoms with Gasteiger partial charge in [-0.3, -0.25) is 4.79 Å². The molecule has 0 bridgehead atoms. The number of methoxy groups -OCH3 is 2. The first-order chi connectivity index (χ1) is 5.91. The van der Waals surface area contributed by atoms with Gasteiger partial charge in [-0.2, -0.15) is 0 Å². The molecule has 0 aromatic heterocycles. The lowest BCUT2D eigenvalue weighted by atomic mass is 9.99. The highest BCUT2D eigenvalue weighted by Crippen LogP contribution is 2.17. The van der Waals surface area contributed by atoms with E-state index in [2.05, 4.69) is 4.74 Å². The third-order valence-electron chi connectivity index (χ3n) is 1.91. The number of esters is 1. The number of ether oxygens (including phenoxy) is 2. The predicted octanol–water partition coefficient (Wildman–Crippen LogP) is 0.725. The van der Waals surface area contributed by atoms with Crippen molar-refractivity contribution in [2.45, 2.75) is 38.4 Å². The summed E-state index contributed by atoms with van der Waals surface area (Å²) in [5.74, 6) is -0.403. The standard InChI is InChI=1S/C9H18O4/c1-9(2,13-4)6-7(10)5-8(11)12-3/h7,10H,5-6H2,1-4H3/t7-/m1/s1. The Balaban J connectivity index is 3.86. The number of aliphatic hydroxyl groups is 1. The summed E-state index contributed by atoms with van der Waals surface area (Å²) < 4.78 is 9.54. The number of aliphatic hydroxyl groups excluding tert-OH is 1. The van der Waals surface area contributed by atoms with Gasteiger partial charge in [-0.25, -0.2) is 0 Å². The Morgan fingerprint density at radius 1 is 1.46 bits per heavy atom. The minimum absolute atomic E-state index is 0.0172. The lowest BCUT2D eigenvalue weighted by molar-refractivity contribution is -0.143. The van der Waals surface area contributed by atoms with Crippen LogP contribution < -0.4 is 0 Å². The third kappa shape index (κ3) is 5.60. The first-order valence-electron chi connectivity index (χ1n) is 4.21.